The Labute approximate surface area is 176 Å². The smallest absolute Gasteiger partial charge is 0.193 e. The number of rotatable bonds is 7. The van der Waals surface area contributed by atoms with Gasteiger partial charge in [-0.1, -0.05) is 31.5 Å². The quantitative estimate of drug-likeness (QED) is 0.374. The number of benzene rings is 1. The molecule has 1 aromatic carbocycles. The highest BCUT2D eigenvalue weighted by molar-refractivity contribution is 14.0. The van der Waals surface area contributed by atoms with Crippen LogP contribution in [0.3, 0.4) is 0 Å². The molecule has 0 aliphatic carbocycles. The standard InChI is InChI=1S/C20H34N4O.HI/c1-17(15-24-12-8-5-9-13-24)14-22-20(21-2)23(3)16-18-10-6-7-11-19(18)25-4;/h6-7,10-11,17H,5,8-9,12-16H2,1-4H3,(H,21,22);1H. The lowest BCUT2D eigenvalue weighted by Crippen LogP contribution is -2.43. The Morgan fingerprint density at radius 3 is 2.62 bits per heavy atom. The van der Waals surface area contributed by atoms with Crippen molar-refractivity contribution in [1.82, 2.24) is 15.1 Å². The van der Waals surface area contributed by atoms with Gasteiger partial charge in [0.05, 0.1) is 7.11 Å². The third kappa shape index (κ3) is 7.31. The third-order valence-electron chi connectivity index (χ3n) is 4.80. The van der Waals surface area contributed by atoms with Crippen LogP contribution in [0.15, 0.2) is 29.3 Å². The first-order chi connectivity index (χ1) is 12.1. The van der Waals surface area contributed by atoms with Gasteiger partial charge >= 0.3 is 0 Å². The fourth-order valence-corrected chi connectivity index (χ4v) is 3.46. The van der Waals surface area contributed by atoms with Gasteiger partial charge in [0, 0.05) is 39.3 Å². The SMILES string of the molecule is CN=C(NCC(C)CN1CCCCC1)N(C)Cc1ccccc1OC.I. The van der Waals surface area contributed by atoms with Crippen LogP contribution in [0.5, 0.6) is 5.75 Å². The van der Waals surface area contributed by atoms with Crippen molar-refractivity contribution < 1.29 is 4.74 Å². The molecule has 1 unspecified atom stereocenters. The van der Waals surface area contributed by atoms with E-state index in [1.165, 1.54) is 38.9 Å². The van der Waals surface area contributed by atoms with E-state index in [0.29, 0.717) is 5.92 Å². The Kier molecular flexibility index (Phi) is 11.0. The molecule has 0 aromatic heterocycles. The van der Waals surface area contributed by atoms with Gasteiger partial charge in [-0.15, -0.1) is 24.0 Å². The topological polar surface area (TPSA) is 40.1 Å². The van der Waals surface area contributed by atoms with Gasteiger partial charge in [-0.25, -0.2) is 0 Å². The molecule has 0 saturated carbocycles. The summed E-state index contributed by atoms with van der Waals surface area (Å²) >= 11 is 0. The van der Waals surface area contributed by atoms with E-state index in [1.54, 1.807) is 7.11 Å². The molecule has 1 atom stereocenters. The summed E-state index contributed by atoms with van der Waals surface area (Å²) in [5.41, 5.74) is 1.16. The van der Waals surface area contributed by atoms with Crippen molar-refractivity contribution >= 4 is 29.9 Å². The Morgan fingerprint density at radius 2 is 1.96 bits per heavy atom. The van der Waals surface area contributed by atoms with Gasteiger partial charge < -0.3 is 19.9 Å². The molecule has 1 heterocycles. The molecule has 0 bridgehead atoms. The molecule has 1 aromatic rings. The van der Waals surface area contributed by atoms with E-state index in [-0.39, 0.29) is 24.0 Å². The van der Waals surface area contributed by atoms with Crippen molar-refractivity contribution in [2.45, 2.75) is 32.7 Å². The van der Waals surface area contributed by atoms with Gasteiger partial charge in [-0.3, -0.25) is 4.99 Å². The number of aliphatic imine (C=N–C) groups is 1. The summed E-state index contributed by atoms with van der Waals surface area (Å²) in [5.74, 6) is 2.45. The predicted molar refractivity (Wildman–Crippen MR) is 121 cm³/mol. The number of hydrogen-bond acceptors (Lipinski definition) is 3. The lowest BCUT2D eigenvalue weighted by Gasteiger charge is -2.30. The van der Waals surface area contributed by atoms with E-state index in [0.717, 1.165) is 30.4 Å². The number of methoxy groups -OCH3 is 1. The lowest BCUT2D eigenvalue weighted by atomic mass is 10.1. The third-order valence-corrected chi connectivity index (χ3v) is 4.80. The average molecular weight is 474 g/mol. The maximum Gasteiger partial charge on any atom is 0.193 e. The van der Waals surface area contributed by atoms with E-state index < -0.39 is 0 Å². The summed E-state index contributed by atoms with van der Waals surface area (Å²) in [4.78, 5) is 9.17. The first-order valence-corrected chi connectivity index (χ1v) is 9.40. The number of nitrogens with one attached hydrogen (secondary N) is 1. The minimum absolute atomic E-state index is 0. The molecule has 5 nitrogen and oxygen atoms in total. The second-order valence-corrected chi connectivity index (χ2v) is 7.06. The fraction of sp³-hybridized carbons (Fsp3) is 0.650. The molecule has 1 saturated heterocycles. The predicted octanol–water partition coefficient (Wildman–Crippen LogP) is 3.44. The molecule has 1 fully saturated rings. The summed E-state index contributed by atoms with van der Waals surface area (Å²) < 4.78 is 5.45. The van der Waals surface area contributed by atoms with Crippen LogP contribution in [-0.2, 0) is 6.54 Å². The maximum absolute atomic E-state index is 5.45. The fourth-order valence-electron chi connectivity index (χ4n) is 3.46. The Balaban J connectivity index is 0.00000338. The molecular formula is C20H35IN4O. The number of nitrogens with zero attached hydrogens (tertiary/aromatic N) is 3. The van der Waals surface area contributed by atoms with E-state index >= 15 is 0 Å². The van der Waals surface area contributed by atoms with Crippen LogP contribution in [-0.4, -0.2) is 63.1 Å². The minimum atomic E-state index is 0. The number of hydrogen-bond donors (Lipinski definition) is 1. The summed E-state index contributed by atoms with van der Waals surface area (Å²) in [6.07, 6.45) is 4.09. The summed E-state index contributed by atoms with van der Waals surface area (Å²) in [6, 6.07) is 8.14. The van der Waals surface area contributed by atoms with Crippen molar-refractivity contribution in [2.75, 3.05) is 47.4 Å². The summed E-state index contributed by atoms with van der Waals surface area (Å²) in [6.45, 7) is 7.71. The zero-order valence-electron chi connectivity index (χ0n) is 16.7. The van der Waals surface area contributed by atoms with Crippen LogP contribution in [0.4, 0.5) is 0 Å². The molecule has 6 heteroatoms. The van der Waals surface area contributed by atoms with Crippen molar-refractivity contribution in [3.63, 3.8) is 0 Å². The van der Waals surface area contributed by atoms with Crippen molar-refractivity contribution in [1.29, 1.82) is 0 Å². The molecule has 26 heavy (non-hydrogen) atoms. The van der Waals surface area contributed by atoms with Gasteiger partial charge in [-0.2, -0.15) is 0 Å². The lowest BCUT2D eigenvalue weighted by molar-refractivity contribution is 0.200. The van der Waals surface area contributed by atoms with Crippen molar-refractivity contribution in [2.24, 2.45) is 10.9 Å². The average Bonchev–Trinajstić information content (AvgIpc) is 2.63. The molecule has 0 radical (unpaired) electrons. The Bertz CT molecular complexity index is 546. The highest BCUT2D eigenvalue weighted by atomic mass is 127. The minimum Gasteiger partial charge on any atom is -0.496 e. The maximum atomic E-state index is 5.45. The second kappa shape index (κ2) is 12.4. The van der Waals surface area contributed by atoms with Crippen LogP contribution < -0.4 is 10.1 Å². The highest BCUT2D eigenvalue weighted by Gasteiger charge is 2.15. The molecule has 148 valence electrons. The van der Waals surface area contributed by atoms with E-state index in [4.69, 9.17) is 4.74 Å². The van der Waals surface area contributed by atoms with Gasteiger partial charge in [0.2, 0.25) is 0 Å². The summed E-state index contributed by atoms with van der Waals surface area (Å²) in [5, 5.41) is 3.52. The zero-order chi connectivity index (χ0) is 18.1. The second-order valence-electron chi connectivity index (χ2n) is 7.06. The number of likely N-dealkylation sites (tertiary alicyclic amines) is 1. The van der Waals surface area contributed by atoms with Crippen molar-refractivity contribution in [3.8, 4) is 5.75 Å². The van der Waals surface area contributed by atoms with E-state index in [9.17, 15) is 0 Å². The van der Waals surface area contributed by atoms with E-state index in [2.05, 4.69) is 40.1 Å². The largest absolute Gasteiger partial charge is 0.496 e. The van der Waals surface area contributed by atoms with Gasteiger partial charge in [0.1, 0.15) is 5.75 Å². The van der Waals surface area contributed by atoms with Gasteiger partial charge in [0.15, 0.2) is 5.96 Å². The molecule has 1 aliphatic heterocycles. The van der Waals surface area contributed by atoms with E-state index in [1.807, 2.05) is 25.2 Å². The van der Waals surface area contributed by atoms with Crippen LogP contribution >= 0.6 is 24.0 Å². The number of ether oxygens (including phenoxy) is 1. The molecular weight excluding hydrogens is 439 g/mol. The Morgan fingerprint density at radius 1 is 1.27 bits per heavy atom. The zero-order valence-corrected chi connectivity index (χ0v) is 19.0. The highest BCUT2D eigenvalue weighted by Crippen LogP contribution is 2.18. The molecule has 2 rings (SSSR count). The van der Waals surface area contributed by atoms with Crippen LogP contribution in [0.1, 0.15) is 31.7 Å². The van der Waals surface area contributed by atoms with Gasteiger partial charge in [0.25, 0.3) is 0 Å². The summed E-state index contributed by atoms with van der Waals surface area (Å²) in [7, 11) is 5.63. The molecule has 0 amide bonds. The number of para-hydroxylation sites is 1. The monoisotopic (exact) mass is 474 g/mol. The van der Waals surface area contributed by atoms with Crippen LogP contribution in [0.25, 0.3) is 0 Å². The first kappa shape index (κ1) is 23.0. The van der Waals surface area contributed by atoms with Crippen LogP contribution in [0.2, 0.25) is 0 Å². The molecule has 1 N–H and O–H groups in total. The molecule has 0 spiro atoms. The van der Waals surface area contributed by atoms with Crippen molar-refractivity contribution in [3.05, 3.63) is 29.8 Å². The first-order valence-electron chi connectivity index (χ1n) is 9.40. The number of guanidine groups is 1. The normalized spacial score (nSPS) is 16.5. The molecule has 1 aliphatic rings. The van der Waals surface area contributed by atoms with Crippen LogP contribution in [0, 0.1) is 5.92 Å². The van der Waals surface area contributed by atoms with Gasteiger partial charge in [-0.05, 0) is 37.9 Å². The number of halogens is 1. The number of piperidine rings is 1. The Hall–Kier alpha value is -1.02.